The second-order valence-corrected chi connectivity index (χ2v) is 6.71. The van der Waals surface area contributed by atoms with Gasteiger partial charge in [0.15, 0.2) is 0 Å². The Morgan fingerprint density at radius 1 is 0.950 bits per heavy atom. The van der Waals surface area contributed by atoms with Crippen LogP contribution in [0.15, 0.2) is 0 Å². The van der Waals surface area contributed by atoms with Gasteiger partial charge < -0.3 is 5.11 Å². The number of rotatable bonds is 12. The summed E-state index contributed by atoms with van der Waals surface area (Å²) in [5.74, 6) is -0.0813. The van der Waals surface area contributed by atoms with Crippen LogP contribution in [0.1, 0.15) is 97.3 Å². The summed E-state index contributed by atoms with van der Waals surface area (Å²) < 4.78 is 0. The highest BCUT2D eigenvalue weighted by Gasteiger charge is 2.49. The van der Waals surface area contributed by atoms with Crippen molar-refractivity contribution >= 4 is 5.97 Å². The topological polar surface area (TPSA) is 37.3 Å². The van der Waals surface area contributed by atoms with Crippen LogP contribution in [0.4, 0.5) is 0 Å². The molecular weight excluding hydrogens is 248 g/mol. The molecule has 118 valence electrons. The molecule has 20 heavy (non-hydrogen) atoms. The van der Waals surface area contributed by atoms with Crippen LogP contribution in [-0.2, 0) is 4.79 Å². The predicted molar refractivity (Wildman–Crippen MR) is 84.9 cm³/mol. The molecule has 1 aliphatic rings. The third-order valence-corrected chi connectivity index (χ3v) is 5.27. The first-order chi connectivity index (χ1) is 9.67. The summed E-state index contributed by atoms with van der Waals surface area (Å²) in [6, 6.07) is 0. The predicted octanol–water partition coefficient (Wildman–Crippen LogP) is 5.80. The number of aliphatic carboxylic acids is 1. The van der Waals surface area contributed by atoms with Crippen molar-refractivity contribution in [2.75, 3.05) is 0 Å². The smallest absolute Gasteiger partial charge is 0.309 e. The highest BCUT2D eigenvalue weighted by atomic mass is 16.4. The maximum absolute atomic E-state index is 11.7. The van der Waals surface area contributed by atoms with Gasteiger partial charge in [-0.3, -0.25) is 4.79 Å². The lowest BCUT2D eigenvalue weighted by molar-refractivity contribution is -0.160. The fourth-order valence-electron chi connectivity index (χ4n) is 3.69. The van der Waals surface area contributed by atoms with Gasteiger partial charge in [-0.05, 0) is 31.6 Å². The molecule has 0 amide bonds. The van der Waals surface area contributed by atoms with Gasteiger partial charge in [0.1, 0.15) is 0 Å². The maximum atomic E-state index is 11.7. The van der Waals surface area contributed by atoms with Crippen molar-refractivity contribution < 1.29 is 9.90 Å². The van der Waals surface area contributed by atoms with Crippen molar-refractivity contribution in [3.63, 3.8) is 0 Å². The number of carbonyl (C=O) groups is 1. The molecule has 1 aliphatic carbocycles. The van der Waals surface area contributed by atoms with E-state index >= 15 is 0 Å². The van der Waals surface area contributed by atoms with Crippen LogP contribution < -0.4 is 0 Å². The maximum Gasteiger partial charge on any atom is 0.309 e. The summed E-state index contributed by atoms with van der Waals surface area (Å²) in [5.41, 5.74) is -0.349. The van der Waals surface area contributed by atoms with E-state index in [0.29, 0.717) is 5.92 Å². The molecule has 0 radical (unpaired) electrons. The molecule has 1 N–H and O–H groups in total. The highest BCUT2D eigenvalue weighted by molar-refractivity contribution is 5.76. The van der Waals surface area contributed by atoms with Gasteiger partial charge in [0.05, 0.1) is 5.41 Å². The molecule has 2 heteroatoms. The van der Waals surface area contributed by atoms with E-state index in [2.05, 4.69) is 13.8 Å². The second-order valence-electron chi connectivity index (χ2n) is 6.71. The van der Waals surface area contributed by atoms with Crippen molar-refractivity contribution in [1.82, 2.24) is 0 Å². The molecule has 1 rings (SSSR count). The van der Waals surface area contributed by atoms with Gasteiger partial charge in [-0.2, -0.15) is 0 Å². The summed E-state index contributed by atoms with van der Waals surface area (Å²) in [6.07, 6.45) is 15.3. The molecular formula is C18H34O2. The number of carboxylic acids is 1. The van der Waals surface area contributed by atoms with E-state index < -0.39 is 5.97 Å². The van der Waals surface area contributed by atoms with E-state index in [1.54, 1.807) is 0 Å². The van der Waals surface area contributed by atoms with Gasteiger partial charge >= 0.3 is 5.97 Å². The van der Waals surface area contributed by atoms with E-state index in [1.807, 2.05) is 0 Å². The third kappa shape index (κ3) is 4.79. The van der Waals surface area contributed by atoms with E-state index in [0.717, 1.165) is 32.1 Å². The zero-order chi connectivity index (χ0) is 14.8. The van der Waals surface area contributed by atoms with Crippen LogP contribution in [0.3, 0.4) is 0 Å². The van der Waals surface area contributed by atoms with Gasteiger partial charge in [-0.25, -0.2) is 0 Å². The summed E-state index contributed by atoms with van der Waals surface area (Å²) in [5, 5.41) is 9.66. The zero-order valence-corrected chi connectivity index (χ0v) is 13.6. The Morgan fingerprint density at radius 3 is 1.75 bits per heavy atom. The molecule has 0 aromatic carbocycles. The van der Waals surface area contributed by atoms with Gasteiger partial charge in [0, 0.05) is 0 Å². The average Bonchev–Trinajstić information content (AvgIpc) is 2.37. The molecule has 0 heterocycles. The number of unbranched alkanes of at least 4 members (excludes halogenated alkanes) is 6. The van der Waals surface area contributed by atoms with Gasteiger partial charge in [-0.15, -0.1) is 0 Å². The highest BCUT2D eigenvalue weighted by Crippen LogP contribution is 2.51. The Labute approximate surface area is 125 Å². The molecule has 0 aromatic heterocycles. The Bertz CT molecular complexity index is 257. The quantitative estimate of drug-likeness (QED) is 0.459. The Morgan fingerprint density at radius 2 is 1.45 bits per heavy atom. The largest absolute Gasteiger partial charge is 0.481 e. The molecule has 0 unspecified atom stereocenters. The van der Waals surface area contributed by atoms with E-state index in [4.69, 9.17) is 0 Å². The lowest BCUT2D eigenvalue weighted by Gasteiger charge is -2.44. The lowest BCUT2D eigenvalue weighted by Crippen LogP contribution is -2.44. The molecule has 0 aromatic rings. The van der Waals surface area contributed by atoms with Gasteiger partial charge in [0.2, 0.25) is 0 Å². The van der Waals surface area contributed by atoms with Crippen LogP contribution in [0.25, 0.3) is 0 Å². The monoisotopic (exact) mass is 282 g/mol. The van der Waals surface area contributed by atoms with E-state index in [1.165, 1.54) is 51.4 Å². The van der Waals surface area contributed by atoms with Crippen LogP contribution >= 0.6 is 0 Å². The van der Waals surface area contributed by atoms with Crippen molar-refractivity contribution in [3.8, 4) is 0 Å². The Balaban J connectivity index is 2.47. The lowest BCUT2D eigenvalue weighted by atomic mass is 9.58. The molecule has 0 bridgehead atoms. The minimum Gasteiger partial charge on any atom is -0.481 e. The number of hydrogen-bond donors (Lipinski definition) is 1. The standard InChI is InChI=1S/C18H34O2/c1-3-5-7-9-12-16(13-10-8-6-4-2)18(17(19)20)14-11-15-18/h16H,3-15H2,1-2H3,(H,19,20). The summed E-state index contributed by atoms with van der Waals surface area (Å²) >= 11 is 0. The normalized spacial score (nSPS) is 17.1. The first-order valence-electron chi connectivity index (χ1n) is 8.90. The van der Waals surface area contributed by atoms with Crippen molar-refractivity contribution in [2.24, 2.45) is 11.3 Å². The van der Waals surface area contributed by atoms with Crippen LogP contribution in [0, 0.1) is 11.3 Å². The van der Waals surface area contributed by atoms with Gasteiger partial charge in [0.25, 0.3) is 0 Å². The number of hydrogen-bond acceptors (Lipinski definition) is 1. The first-order valence-corrected chi connectivity index (χ1v) is 8.90. The number of carboxylic acid groups (broad SMARTS) is 1. The SMILES string of the molecule is CCCCCCC(CCCCCC)C1(C(=O)O)CCC1. The van der Waals surface area contributed by atoms with Crippen molar-refractivity contribution in [2.45, 2.75) is 97.3 Å². The fourth-order valence-corrected chi connectivity index (χ4v) is 3.69. The minimum absolute atomic E-state index is 0.349. The molecule has 0 aliphatic heterocycles. The molecule has 2 nitrogen and oxygen atoms in total. The van der Waals surface area contributed by atoms with Crippen molar-refractivity contribution in [3.05, 3.63) is 0 Å². The van der Waals surface area contributed by atoms with Crippen molar-refractivity contribution in [1.29, 1.82) is 0 Å². The third-order valence-electron chi connectivity index (χ3n) is 5.27. The van der Waals surface area contributed by atoms with Gasteiger partial charge in [-0.1, -0.05) is 71.6 Å². The van der Waals surface area contributed by atoms with E-state index in [-0.39, 0.29) is 5.41 Å². The summed E-state index contributed by atoms with van der Waals surface area (Å²) in [6.45, 7) is 4.46. The second kappa shape index (κ2) is 9.41. The zero-order valence-electron chi connectivity index (χ0n) is 13.6. The molecule has 0 atom stereocenters. The fraction of sp³-hybridized carbons (Fsp3) is 0.944. The summed E-state index contributed by atoms with van der Waals surface area (Å²) in [7, 11) is 0. The summed E-state index contributed by atoms with van der Waals surface area (Å²) in [4.78, 5) is 11.7. The minimum atomic E-state index is -0.514. The van der Waals surface area contributed by atoms with Crippen LogP contribution in [0.5, 0.6) is 0 Å². The molecule has 0 saturated heterocycles. The Hall–Kier alpha value is -0.530. The first kappa shape index (κ1) is 17.5. The molecule has 1 saturated carbocycles. The average molecular weight is 282 g/mol. The Kier molecular flexibility index (Phi) is 8.25. The van der Waals surface area contributed by atoms with E-state index in [9.17, 15) is 9.90 Å². The molecule has 0 spiro atoms. The van der Waals surface area contributed by atoms with Crippen LogP contribution in [-0.4, -0.2) is 11.1 Å². The van der Waals surface area contributed by atoms with Crippen LogP contribution in [0.2, 0.25) is 0 Å². The molecule has 1 fully saturated rings.